The molecule has 1 atom stereocenters. The first kappa shape index (κ1) is 19.0. The Kier molecular flexibility index (Phi) is 5.50. The van der Waals surface area contributed by atoms with E-state index >= 15 is 0 Å². The normalized spacial score (nSPS) is 18.0. The summed E-state index contributed by atoms with van der Waals surface area (Å²) in [6, 6.07) is 6.60. The van der Waals surface area contributed by atoms with E-state index in [2.05, 4.69) is 0 Å². The van der Waals surface area contributed by atoms with Crippen LogP contribution >= 0.6 is 0 Å². The van der Waals surface area contributed by atoms with Gasteiger partial charge in [0.2, 0.25) is 0 Å². The molecule has 2 rings (SSSR count). The molecular formula is C19H26N2O4. The molecule has 136 valence electrons. The Balaban J connectivity index is 2.05. The minimum Gasteiger partial charge on any atom is -0.444 e. The third kappa shape index (κ3) is 4.81. The Morgan fingerprint density at radius 3 is 2.32 bits per heavy atom. The van der Waals surface area contributed by atoms with Crippen molar-refractivity contribution in [3.05, 3.63) is 35.4 Å². The van der Waals surface area contributed by atoms with Gasteiger partial charge in [0, 0.05) is 36.8 Å². The van der Waals surface area contributed by atoms with Crippen LogP contribution in [-0.4, -0.2) is 58.9 Å². The Morgan fingerprint density at radius 2 is 1.76 bits per heavy atom. The molecule has 0 aromatic heterocycles. The molecule has 0 aliphatic carbocycles. The zero-order valence-corrected chi connectivity index (χ0v) is 15.5. The molecule has 1 aromatic rings. The van der Waals surface area contributed by atoms with Gasteiger partial charge in [0.05, 0.1) is 0 Å². The zero-order chi connectivity index (χ0) is 18.8. The lowest BCUT2D eigenvalue weighted by Gasteiger charge is -2.40. The zero-order valence-electron chi connectivity index (χ0n) is 15.5. The second-order valence-corrected chi connectivity index (χ2v) is 7.41. The van der Waals surface area contributed by atoms with Crippen LogP contribution in [0.25, 0.3) is 0 Å². The van der Waals surface area contributed by atoms with Gasteiger partial charge in [0.25, 0.3) is 5.91 Å². The Bertz CT molecular complexity index is 678. The number of hydrogen-bond acceptors (Lipinski definition) is 4. The molecule has 0 radical (unpaired) electrons. The molecule has 0 spiro atoms. The summed E-state index contributed by atoms with van der Waals surface area (Å²) in [7, 11) is 0. The van der Waals surface area contributed by atoms with Gasteiger partial charge in [-0.2, -0.15) is 0 Å². The second-order valence-electron chi connectivity index (χ2n) is 7.41. The van der Waals surface area contributed by atoms with E-state index in [-0.39, 0.29) is 23.8 Å². The smallest absolute Gasteiger partial charge is 0.410 e. The fourth-order valence-corrected chi connectivity index (χ4v) is 2.79. The minimum atomic E-state index is -0.545. The van der Waals surface area contributed by atoms with Crippen LogP contribution in [0.1, 0.15) is 55.3 Å². The van der Waals surface area contributed by atoms with Crippen LogP contribution in [0.15, 0.2) is 24.3 Å². The molecule has 2 amide bonds. The summed E-state index contributed by atoms with van der Waals surface area (Å²) in [6.45, 7) is 10.2. The van der Waals surface area contributed by atoms with Crippen molar-refractivity contribution in [2.24, 2.45) is 0 Å². The van der Waals surface area contributed by atoms with Crippen molar-refractivity contribution in [3.63, 3.8) is 0 Å². The van der Waals surface area contributed by atoms with Crippen molar-refractivity contribution in [1.82, 2.24) is 9.80 Å². The van der Waals surface area contributed by atoms with Crippen molar-refractivity contribution in [3.8, 4) is 0 Å². The largest absolute Gasteiger partial charge is 0.444 e. The molecule has 0 bridgehead atoms. The van der Waals surface area contributed by atoms with E-state index in [9.17, 15) is 14.4 Å². The number of ether oxygens (including phenoxy) is 1. The first-order chi connectivity index (χ1) is 11.6. The maximum atomic E-state index is 12.7. The monoisotopic (exact) mass is 346 g/mol. The summed E-state index contributed by atoms with van der Waals surface area (Å²) in [5.41, 5.74) is 0.466. The quantitative estimate of drug-likeness (QED) is 0.772. The van der Waals surface area contributed by atoms with Gasteiger partial charge in [-0.15, -0.1) is 0 Å². The van der Waals surface area contributed by atoms with Gasteiger partial charge in [0.1, 0.15) is 5.60 Å². The predicted molar refractivity (Wildman–Crippen MR) is 94.8 cm³/mol. The molecule has 1 saturated heterocycles. The van der Waals surface area contributed by atoms with Gasteiger partial charge in [0.15, 0.2) is 5.78 Å². The van der Waals surface area contributed by atoms with E-state index in [0.717, 1.165) is 0 Å². The van der Waals surface area contributed by atoms with Gasteiger partial charge >= 0.3 is 6.09 Å². The molecule has 1 aromatic carbocycles. The Labute approximate surface area is 148 Å². The lowest BCUT2D eigenvalue weighted by Crippen LogP contribution is -2.56. The summed E-state index contributed by atoms with van der Waals surface area (Å²) in [4.78, 5) is 39.8. The number of carbonyl (C=O) groups excluding carboxylic acids is 3. The van der Waals surface area contributed by atoms with E-state index in [0.29, 0.717) is 30.8 Å². The van der Waals surface area contributed by atoms with Crippen molar-refractivity contribution < 1.29 is 19.1 Å². The lowest BCUT2D eigenvalue weighted by molar-refractivity contribution is 0.00198. The van der Waals surface area contributed by atoms with Crippen LogP contribution in [0, 0.1) is 0 Å². The number of hydrogen-bond donors (Lipinski definition) is 0. The average molecular weight is 346 g/mol. The molecule has 1 aliphatic rings. The van der Waals surface area contributed by atoms with E-state index < -0.39 is 5.60 Å². The molecule has 1 fully saturated rings. The fraction of sp³-hybridized carbons (Fsp3) is 0.526. The van der Waals surface area contributed by atoms with Crippen LogP contribution in [0.5, 0.6) is 0 Å². The molecule has 25 heavy (non-hydrogen) atoms. The van der Waals surface area contributed by atoms with Gasteiger partial charge in [-0.25, -0.2) is 4.79 Å². The van der Waals surface area contributed by atoms with Crippen LogP contribution in [-0.2, 0) is 4.74 Å². The second kappa shape index (κ2) is 7.25. The van der Waals surface area contributed by atoms with Crippen molar-refractivity contribution in [1.29, 1.82) is 0 Å². The highest BCUT2D eigenvalue weighted by molar-refractivity contribution is 5.99. The number of piperazine rings is 1. The van der Waals surface area contributed by atoms with E-state index in [1.54, 1.807) is 34.1 Å². The van der Waals surface area contributed by atoms with Gasteiger partial charge < -0.3 is 14.5 Å². The summed E-state index contributed by atoms with van der Waals surface area (Å²) in [6.07, 6.45) is -0.356. The number of rotatable bonds is 2. The number of nitrogens with zero attached hydrogens (tertiary/aromatic N) is 2. The van der Waals surface area contributed by atoms with E-state index in [4.69, 9.17) is 4.74 Å². The topological polar surface area (TPSA) is 66.9 Å². The molecule has 6 heteroatoms. The highest BCUT2D eigenvalue weighted by atomic mass is 16.6. The number of amides is 2. The molecule has 6 nitrogen and oxygen atoms in total. The highest BCUT2D eigenvalue weighted by Crippen LogP contribution is 2.18. The average Bonchev–Trinajstić information content (AvgIpc) is 2.52. The SMILES string of the molecule is CC(=O)c1cccc(C(=O)N2CCN(C(=O)OC(C)(C)C)C(C)C2)c1. The van der Waals surface area contributed by atoms with Gasteiger partial charge in [-0.3, -0.25) is 9.59 Å². The number of ketones is 1. The maximum absolute atomic E-state index is 12.7. The molecule has 1 unspecified atom stereocenters. The first-order valence-corrected chi connectivity index (χ1v) is 8.48. The third-order valence-electron chi connectivity index (χ3n) is 4.06. The van der Waals surface area contributed by atoms with Crippen LogP contribution < -0.4 is 0 Å². The Morgan fingerprint density at radius 1 is 1.12 bits per heavy atom. The highest BCUT2D eigenvalue weighted by Gasteiger charge is 2.32. The van der Waals surface area contributed by atoms with E-state index in [1.807, 2.05) is 27.7 Å². The molecule has 1 aliphatic heterocycles. The van der Waals surface area contributed by atoms with Gasteiger partial charge in [-0.1, -0.05) is 12.1 Å². The van der Waals surface area contributed by atoms with Crippen LogP contribution in [0.4, 0.5) is 4.79 Å². The third-order valence-corrected chi connectivity index (χ3v) is 4.06. The predicted octanol–water partition coefficient (Wildman–Crippen LogP) is 2.97. The summed E-state index contributed by atoms with van der Waals surface area (Å²) >= 11 is 0. The minimum absolute atomic E-state index is 0.0715. The standard InChI is InChI=1S/C19H26N2O4/c1-13-12-20(9-10-21(13)18(24)25-19(3,4)5)17(23)16-8-6-7-15(11-16)14(2)22/h6-8,11,13H,9-10,12H2,1-5H3. The van der Waals surface area contributed by atoms with Gasteiger partial charge in [-0.05, 0) is 46.8 Å². The molecular weight excluding hydrogens is 320 g/mol. The van der Waals surface area contributed by atoms with Crippen molar-refractivity contribution in [2.75, 3.05) is 19.6 Å². The first-order valence-electron chi connectivity index (χ1n) is 8.48. The summed E-state index contributed by atoms with van der Waals surface area (Å²) in [5.74, 6) is -0.198. The number of benzene rings is 1. The molecule has 0 N–H and O–H groups in total. The van der Waals surface area contributed by atoms with Crippen molar-refractivity contribution in [2.45, 2.75) is 46.3 Å². The van der Waals surface area contributed by atoms with E-state index in [1.165, 1.54) is 6.92 Å². The molecule has 1 heterocycles. The fourth-order valence-electron chi connectivity index (χ4n) is 2.79. The Hall–Kier alpha value is -2.37. The maximum Gasteiger partial charge on any atom is 0.410 e. The van der Waals surface area contributed by atoms with Crippen LogP contribution in [0.2, 0.25) is 0 Å². The number of Topliss-reactive ketones (excluding diaryl/α,β-unsaturated/α-hetero) is 1. The number of carbonyl (C=O) groups is 3. The van der Waals surface area contributed by atoms with Crippen molar-refractivity contribution >= 4 is 17.8 Å². The van der Waals surface area contributed by atoms with Crippen LogP contribution in [0.3, 0.4) is 0 Å². The summed E-state index contributed by atoms with van der Waals surface area (Å²) < 4.78 is 5.42. The molecule has 0 saturated carbocycles. The lowest BCUT2D eigenvalue weighted by atomic mass is 10.1. The summed E-state index contributed by atoms with van der Waals surface area (Å²) in [5, 5.41) is 0.